The van der Waals surface area contributed by atoms with E-state index in [1.54, 1.807) is 0 Å². The van der Waals surface area contributed by atoms with E-state index in [2.05, 4.69) is 10.6 Å². The van der Waals surface area contributed by atoms with Gasteiger partial charge in [0.2, 0.25) is 11.8 Å². The highest BCUT2D eigenvalue weighted by atomic mass is 35.5. The van der Waals surface area contributed by atoms with Crippen molar-refractivity contribution in [1.82, 2.24) is 10.6 Å². The molecule has 1 fully saturated rings. The Kier molecular flexibility index (Phi) is 6.08. The molecule has 0 heterocycles. The lowest BCUT2D eigenvalue weighted by Gasteiger charge is -2.36. The van der Waals surface area contributed by atoms with E-state index < -0.39 is 23.1 Å². The molecular formula is C21H25ClF2N2O2. The zero-order chi connectivity index (χ0) is 20.5. The van der Waals surface area contributed by atoms with Crippen molar-refractivity contribution in [3.63, 3.8) is 0 Å². The average molecular weight is 411 g/mol. The number of allylic oxidation sites excluding steroid dienone is 2. The number of benzene rings is 1. The van der Waals surface area contributed by atoms with Crippen molar-refractivity contribution >= 4 is 23.4 Å². The first kappa shape index (κ1) is 20.8. The first-order valence-electron chi connectivity index (χ1n) is 9.57. The lowest BCUT2D eigenvalue weighted by atomic mass is 9.76. The summed E-state index contributed by atoms with van der Waals surface area (Å²) in [5.74, 6) is -2.23. The fourth-order valence-corrected chi connectivity index (χ4v) is 4.49. The summed E-state index contributed by atoms with van der Waals surface area (Å²) in [7, 11) is 0. The molecule has 152 valence electrons. The van der Waals surface area contributed by atoms with E-state index in [1.807, 2.05) is 19.1 Å². The van der Waals surface area contributed by atoms with Crippen molar-refractivity contribution in [2.45, 2.75) is 58.0 Å². The van der Waals surface area contributed by atoms with E-state index >= 15 is 0 Å². The predicted octanol–water partition coefficient (Wildman–Crippen LogP) is 4.44. The van der Waals surface area contributed by atoms with E-state index in [9.17, 15) is 18.4 Å². The van der Waals surface area contributed by atoms with Crippen LogP contribution < -0.4 is 10.6 Å². The Balaban J connectivity index is 1.85. The van der Waals surface area contributed by atoms with E-state index in [0.717, 1.165) is 6.07 Å². The fraction of sp³-hybridized carbons (Fsp3) is 0.524. The molecule has 0 aliphatic heterocycles. The third kappa shape index (κ3) is 4.22. The van der Waals surface area contributed by atoms with Gasteiger partial charge in [0.1, 0.15) is 11.6 Å². The number of hydrogen-bond donors (Lipinski definition) is 2. The molecule has 0 saturated heterocycles. The van der Waals surface area contributed by atoms with Crippen molar-refractivity contribution in [1.29, 1.82) is 0 Å². The highest BCUT2D eigenvalue weighted by molar-refractivity contribution is 6.30. The topological polar surface area (TPSA) is 58.2 Å². The van der Waals surface area contributed by atoms with Crippen LogP contribution in [0.15, 0.2) is 24.3 Å². The van der Waals surface area contributed by atoms with Gasteiger partial charge >= 0.3 is 0 Å². The molecule has 1 saturated carbocycles. The molecular weight excluding hydrogens is 386 g/mol. The van der Waals surface area contributed by atoms with Crippen molar-refractivity contribution in [2.75, 3.05) is 0 Å². The van der Waals surface area contributed by atoms with Gasteiger partial charge in [-0.1, -0.05) is 30.7 Å². The molecule has 2 amide bonds. The molecule has 2 aliphatic rings. The summed E-state index contributed by atoms with van der Waals surface area (Å²) in [6.45, 7) is 3.36. The fourth-order valence-electron chi connectivity index (χ4n) is 4.32. The van der Waals surface area contributed by atoms with Crippen LogP contribution in [0.1, 0.15) is 57.6 Å². The van der Waals surface area contributed by atoms with Crippen LogP contribution in [-0.2, 0) is 9.59 Å². The SMILES string of the molecule is CC(=O)N[C@@H]1CC[C@@H](C(=O)N[C@H](c2c(F)ccc(Cl)c2F)C2(C)CC=CC2)C1. The van der Waals surface area contributed by atoms with Gasteiger partial charge in [-0.15, -0.1) is 0 Å². The van der Waals surface area contributed by atoms with Crippen LogP contribution in [-0.4, -0.2) is 17.9 Å². The largest absolute Gasteiger partial charge is 0.354 e. The number of carbonyl (C=O) groups excluding carboxylic acids is 2. The molecule has 0 radical (unpaired) electrons. The zero-order valence-corrected chi connectivity index (χ0v) is 16.8. The summed E-state index contributed by atoms with van der Waals surface area (Å²) in [4.78, 5) is 24.2. The maximum absolute atomic E-state index is 14.8. The molecule has 0 unspecified atom stereocenters. The Hall–Kier alpha value is -1.95. The summed E-state index contributed by atoms with van der Waals surface area (Å²) in [5, 5.41) is 5.57. The van der Waals surface area contributed by atoms with Crippen molar-refractivity contribution in [3.8, 4) is 0 Å². The molecule has 7 heteroatoms. The second-order valence-corrected chi connectivity index (χ2v) is 8.55. The number of amides is 2. The third-order valence-corrected chi connectivity index (χ3v) is 6.19. The minimum absolute atomic E-state index is 0.0462. The van der Waals surface area contributed by atoms with Gasteiger partial charge in [0, 0.05) is 24.4 Å². The van der Waals surface area contributed by atoms with Gasteiger partial charge < -0.3 is 10.6 Å². The normalized spacial score (nSPS) is 24.2. The standard InChI is InChI=1S/C21H25ClF2N2O2/c1-12(27)25-14-6-5-13(11-14)20(28)26-19(21(2)9-3-4-10-21)17-16(23)8-7-15(22)18(17)24/h3-4,7-8,13-14,19H,5-6,9-11H2,1-2H3,(H,25,27)(H,26,28)/t13-,14-,19-/m1/s1. The minimum atomic E-state index is -0.839. The lowest BCUT2D eigenvalue weighted by molar-refractivity contribution is -0.127. The third-order valence-electron chi connectivity index (χ3n) is 5.90. The average Bonchev–Trinajstić information content (AvgIpc) is 3.27. The molecule has 1 aromatic carbocycles. The van der Waals surface area contributed by atoms with Gasteiger partial charge in [0.15, 0.2) is 0 Å². The Morgan fingerprint density at radius 3 is 2.54 bits per heavy atom. The first-order valence-corrected chi connectivity index (χ1v) is 9.95. The summed E-state index contributed by atoms with van der Waals surface area (Å²) >= 11 is 5.90. The molecule has 1 aromatic rings. The maximum atomic E-state index is 14.8. The van der Waals surface area contributed by atoms with Crippen LogP contribution in [0.25, 0.3) is 0 Å². The zero-order valence-electron chi connectivity index (χ0n) is 16.0. The van der Waals surface area contributed by atoms with Crippen LogP contribution in [0.5, 0.6) is 0 Å². The summed E-state index contributed by atoms with van der Waals surface area (Å²) < 4.78 is 29.4. The highest BCUT2D eigenvalue weighted by Gasteiger charge is 2.42. The Labute approximate surface area is 168 Å². The molecule has 3 rings (SSSR count). The van der Waals surface area contributed by atoms with Gasteiger partial charge in [-0.2, -0.15) is 0 Å². The van der Waals surface area contributed by atoms with Crippen molar-refractivity contribution in [2.24, 2.45) is 11.3 Å². The molecule has 3 atom stereocenters. The molecule has 4 nitrogen and oxygen atoms in total. The van der Waals surface area contributed by atoms with Crippen LogP contribution in [0.4, 0.5) is 8.78 Å². The minimum Gasteiger partial charge on any atom is -0.354 e. The molecule has 28 heavy (non-hydrogen) atoms. The number of hydrogen-bond acceptors (Lipinski definition) is 2. The van der Waals surface area contributed by atoms with Crippen LogP contribution >= 0.6 is 11.6 Å². The van der Waals surface area contributed by atoms with Gasteiger partial charge in [0.05, 0.1) is 11.1 Å². The Morgan fingerprint density at radius 2 is 1.89 bits per heavy atom. The van der Waals surface area contributed by atoms with Crippen molar-refractivity contribution < 1.29 is 18.4 Å². The van der Waals surface area contributed by atoms with Gasteiger partial charge in [-0.05, 0) is 49.7 Å². The van der Waals surface area contributed by atoms with Crippen LogP contribution in [0.2, 0.25) is 5.02 Å². The molecule has 2 aliphatic carbocycles. The highest BCUT2D eigenvalue weighted by Crippen LogP contribution is 2.46. The van der Waals surface area contributed by atoms with Gasteiger partial charge in [-0.3, -0.25) is 9.59 Å². The molecule has 0 aromatic heterocycles. The number of rotatable bonds is 5. The Morgan fingerprint density at radius 1 is 1.21 bits per heavy atom. The second-order valence-electron chi connectivity index (χ2n) is 8.14. The monoisotopic (exact) mass is 410 g/mol. The predicted molar refractivity (Wildman–Crippen MR) is 104 cm³/mol. The van der Waals surface area contributed by atoms with Crippen LogP contribution in [0, 0.1) is 23.0 Å². The molecule has 2 N–H and O–H groups in total. The number of nitrogens with one attached hydrogen (secondary N) is 2. The summed E-state index contributed by atoms with van der Waals surface area (Å²) in [6, 6.07) is 1.43. The van der Waals surface area contributed by atoms with Crippen molar-refractivity contribution in [3.05, 3.63) is 46.5 Å². The van der Waals surface area contributed by atoms with Gasteiger partial charge in [-0.25, -0.2) is 8.78 Å². The second kappa shape index (κ2) is 8.19. The number of halogens is 3. The summed E-state index contributed by atoms with van der Waals surface area (Å²) in [5.41, 5.74) is -0.735. The van der Waals surface area contributed by atoms with E-state index in [-0.39, 0.29) is 34.4 Å². The van der Waals surface area contributed by atoms with E-state index in [1.165, 1.54) is 13.0 Å². The van der Waals surface area contributed by atoms with Gasteiger partial charge in [0.25, 0.3) is 0 Å². The maximum Gasteiger partial charge on any atom is 0.223 e. The van der Waals surface area contributed by atoms with Crippen LogP contribution in [0.3, 0.4) is 0 Å². The lowest BCUT2D eigenvalue weighted by Crippen LogP contribution is -2.42. The first-order chi connectivity index (χ1) is 13.2. The van der Waals surface area contributed by atoms with E-state index in [0.29, 0.717) is 32.1 Å². The molecule has 0 spiro atoms. The Bertz CT molecular complexity index is 804. The number of carbonyl (C=O) groups is 2. The molecule has 0 bridgehead atoms. The summed E-state index contributed by atoms with van der Waals surface area (Å²) in [6.07, 6.45) is 6.97. The quantitative estimate of drug-likeness (QED) is 0.557. The smallest absolute Gasteiger partial charge is 0.223 e. The van der Waals surface area contributed by atoms with E-state index in [4.69, 9.17) is 11.6 Å².